The molecule has 3 rings (SSSR count). The van der Waals surface area contributed by atoms with Crippen LogP contribution in [0.5, 0.6) is 0 Å². The molecule has 5 heteroatoms. The Morgan fingerprint density at radius 1 is 1.22 bits per heavy atom. The van der Waals surface area contributed by atoms with E-state index in [0.717, 1.165) is 5.56 Å². The summed E-state index contributed by atoms with van der Waals surface area (Å²) in [6, 6.07) is 11.1. The highest BCUT2D eigenvalue weighted by molar-refractivity contribution is 6.22. The maximum absolute atomic E-state index is 12.8. The number of benzene rings is 1. The van der Waals surface area contributed by atoms with Gasteiger partial charge in [-0.2, -0.15) is 0 Å². The molecule has 1 fully saturated rings. The third-order valence-corrected chi connectivity index (χ3v) is 4.32. The minimum absolute atomic E-state index is 0.143. The van der Waals surface area contributed by atoms with E-state index in [1.165, 1.54) is 6.92 Å². The summed E-state index contributed by atoms with van der Waals surface area (Å²) in [5.41, 5.74) is 1.55. The van der Waals surface area contributed by atoms with E-state index in [4.69, 9.17) is 4.52 Å². The van der Waals surface area contributed by atoms with Crippen LogP contribution in [0.3, 0.4) is 0 Å². The SMILES string of the molecule is CC(=O)C1C(=O)CC(c2ccccc2)C(c2cc(C)no2)C1=O. The Kier molecular flexibility index (Phi) is 3.94. The third kappa shape index (κ3) is 2.74. The van der Waals surface area contributed by atoms with Crippen molar-refractivity contribution in [1.82, 2.24) is 5.16 Å². The molecule has 0 aliphatic heterocycles. The molecule has 3 atom stereocenters. The van der Waals surface area contributed by atoms with E-state index in [9.17, 15) is 14.4 Å². The molecule has 0 spiro atoms. The fourth-order valence-electron chi connectivity index (χ4n) is 3.29. The number of aromatic nitrogens is 1. The normalized spacial score (nSPS) is 24.7. The van der Waals surface area contributed by atoms with Crippen molar-refractivity contribution < 1.29 is 18.9 Å². The summed E-state index contributed by atoms with van der Waals surface area (Å²) in [6.07, 6.45) is 0.143. The molecule has 1 heterocycles. The second kappa shape index (κ2) is 5.91. The molecule has 3 unspecified atom stereocenters. The van der Waals surface area contributed by atoms with Crippen LogP contribution in [0.15, 0.2) is 40.9 Å². The highest BCUT2D eigenvalue weighted by Gasteiger charge is 2.47. The molecule has 1 aromatic carbocycles. The molecular formula is C18H17NO4. The number of aryl methyl sites for hydroxylation is 1. The van der Waals surface area contributed by atoms with Gasteiger partial charge in [-0.15, -0.1) is 0 Å². The number of Topliss-reactive ketones (excluding diaryl/α,β-unsaturated/α-hetero) is 3. The van der Waals surface area contributed by atoms with E-state index in [2.05, 4.69) is 5.16 Å². The second-order valence-corrected chi connectivity index (χ2v) is 5.98. The summed E-state index contributed by atoms with van der Waals surface area (Å²) in [7, 11) is 0. The minimum atomic E-state index is -1.19. The lowest BCUT2D eigenvalue weighted by Crippen LogP contribution is -2.42. The zero-order valence-corrected chi connectivity index (χ0v) is 13.0. The van der Waals surface area contributed by atoms with Gasteiger partial charge < -0.3 is 4.52 Å². The average molecular weight is 311 g/mol. The number of carbonyl (C=O) groups is 3. The van der Waals surface area contributed by atoms with Gasteiger partial charge in [0, 0.05) is 18.4 Å². The van der Waals surface area contributed by atoms with E-state index >= 15 is 0 Å². The van der Waals surface area contributed by atoms with Gasteiger partial charge in [-0.25, -0.2) is 0 Å². The van der Waals surface area contributed by atoms with Gasteiger partial charge in [-0.3, -0.25) is 14.4 Å². The minimum Gasteiger partial charge on any atom is -0.360 e. The highest BCUT2D eigenvalue weighted by atomic mass is 16.5. The van der Waals surface area contributed by atoms with Crippen LogP contribution < -0.4 is 0 Å². The number of hydrogen-bond donors (Lipinski definition) is 0. The van der Waals surface area contributed by atoms with Gasteiger partial charge >= 0.3 is 0 Å². The van der Waals surface area contributed by atoms with E-state index in [1.807, 2.05) is 30.3 Å². The van der Waals surface area contributed by atoms with Crippen LogP contribution in [0.1, 0.15) is 42.2 Å². The van der Waals surface area contributed by atoms with Crippen LogP contribution in [-0.4, -0.2) is 22.5 Å². The molecule has 23 heavy (non-hydrogen) atoms. The first-order valence-electron chi connectivity index (χ1n) is 7.54. The van der Waals surface area contributed by atoms with E-state index in [1.54, 1.807) is 13.0 Å². The van der Waals surface area contributed by atoms with Crippen molar-refractivity contribution >= 4 is 17.3 Å². The van der Waals surface area contributed by atoms with Gasteiger partial charge in [0.25, 0.3) is 0 Å². The number of hydrogen-bond acceptors (Lipinski definition) is 5. The Morgan fingerprint density at radius 2 is 1.91 bits per heavy atom. The molecule has 0 saturated heterocycles. The summed E-state index contributed by atoms with van der Waals surface area (Å²) in [6.45, 7) is 3.05. The number of ketones is 3. The maximum atomic E-state index is 12.8. The summed E-state index contributed by atoms with van der Waals surface area (Å²) in [4.78, 5) is 36.9. The molecule has 2 aromatic rings. The Hall–Kier alpha value is -2.56. The van der Waals surface area contributed by atoms with Crippen molar-refractivity contribution in [2.24, 2.45) is 5.92 Å². The first kappa shape index (κ1) is 15.3. The topological polar surface area (TPSA) is 77.2 Å². The standard InChI is InChI=1S/C18H17NO4/c1-10-8-15(23-19-10)17-13(12-6-4-3-5-7-12)9-14(21)16(11(2)20)18(17)22/h3-8,13,16-17H,9H2,1-2H3. The summed E-state index contributed by atoms with van der Waals surface area (Å²) in [5, 5.41) is 3.85. The van der Waals surface area contributed by atoms with Crippen molar-refractivity contribution in [3.05, 3.63) is 53.4 Å². The maximum Gasteiger partial charge on any atom is 0.162 e. The molecule has 0 amide bonds. The number of rotatable bonds is 3. The van der Waals surface area contributed by atoms with Crippen LogP contribution in [0.25, 0.3) is 0 Å². The van der Waals surface area contributed by atoms with E-state index in [0.29, 0.717) is 11.5 Å². The molecule has 1 saturated carbocycles. The van der Waals surface area contributed by atoms with Crippen molar-refractivity contribution in [3.63, 3.8) is 0 Å². The smallest absolute Gasteiger partial charge is 0.162 e. The summed E-state index contributed by atoms with van der Waals surface area (Å²) < 4.78 is 5.30. The first-order chi connectivity index (χ1) is 11.0. The molecule has 1 aliphatic rings. The van der Waals surface area contributed by atoms with Gasteiger partial charge in [-0.1, -0.05) is 35.5 Å². The molecule has 1 aliphatic carbocycles. The fourth-order valence-corrected chi connectivity index (χ4v) is 3.29. The Labute approximate surface area is 133 Å². The zero-order chi connectivity index (χ0) is 16.6. The summed E-state index contributed by atoms with van der Waals surface area (Å²) in [5.74, 6) is -2.88. The van der Waals surface area contributed by atoms with Crippen molar-refractivity contribution in [3.8, 4) is 0 Å². The largest absolute Gasteiger partial charge is 0.360 e. The highest BCUT2D eigenvalue weighted by Crippen LogP contribution is 2.43. The van der Waals surface area contributed by atoms with Crippen LogP contribution >= 0.6 is 0 Å². The molecule has 0 radical (unpaired) electrons. The quantitative estimate of drug-likeness (QED) is 0.814. The van der Waals surface area contributed by atoms with Crippen molar-refractivity contribution in [2.75, 3.05) is 0 Å². The average Bonchev–Trinajstić information content (AvgIpc) is 2.93. The van der Waals surface area contributed by atoms with Crippen molar-refractivity contribution in [1.29, 1.82) is 0 Å². The Bertz CT molecular complexity index is 762. The van der Waals surface area contributed by atoms with Crippen molar-refractivity contribution in [2.45, 2.75) is 32.1 Å². The molecule has 5 nitrogen and oxygen atoms in total. The van der Waals surface area contributed by atoms with E-state index < -0.39 is 23.4 Å². The van der Waals surface area contributed by atoms with Gasteiger partial charge in [0.05, 0.1) is 11.6 Å². The van der Waals surface area contributed by atoms with Crippen LogP contribution in [0.4, 0.5) is 0 Å². The summed E-state index contributed by atoms with van der Waals surface area (Å²) >= 11 is 0. The predicted octanol–water partition coefficient (Wildman–Crippen LogP) is 2.60. The molecule has 0 bridgehead atoms. The first-order valence-corrected chi connectivity index (χ1v) is 7.54. The second-order valence-electron chi connectivity index (χ2n) is 5.98. The molecule has 118 valence electrons. The Balaban J connectivity index is 2.08. The fraction of sp³-hybridized carbons (Fsp3) is 0.333. The predicted molar refractivity (Wildman–Crippen MR) is 82.0 cm³/mol. The van der Waals surface area contributed by atoms with Gasteiger partial charge in [0.2, 0.25) is 0 Å². The lowest BCUT2D eigenvalue weighted by Gasteiger charge is -2.31. The van der Waals surface area contributed by atoms with Gasteiger partial charge in [0.15, 0.2) is 11.6 Å². The van der Waals surface area contributed by atoms with Crippen LogP contribution in [0.2, 0.25) is 0 Å². The third-order valence-electron chi connectivity index (χ3n) is 4.32. The molecule has 0 N–H and O–H groups in total. The monoisotopic (exact) mass is 311 g/mol. The Morgan fingerprint density at radius 3 is 2.48 bits per heavy atom. The van der Waals surface area contributed by atoms with Crippen LogP contribution in [-0.2, 0) is 14.4 Å². The molecular weight excluding hydrogens is 294 g/mol. The van der Waals surface area contributed by atoms with Crippen LogP contribution in [0, 0.1) is 12.8 Å². The number of carbonyl (C=O) groups excluding carboxylic acids is 3. The van der Waals surface area contributed by atoms with Gasteiger partial charge in [0.1, 0.15) is 17.5 Å². The van der Waals surface area contributed by atoms with Gasteiger partial charge in [-0.05, 0) is 19.4 Å². The zero-order valence-electron chi connectivity index (χ0n) is 13.0. The van der Waals surface area contributed by atoms with E-state index in [-0.39, 0.29) is 18.1 Å². The number of nitrogens with zero attached hydrogens (tertiary/aromatic N) is 1. The lowest BCUT2D eigenvalue weighted by atomic mass is 9.68. The molecule has 1 aromatic heterocycles. The lowest BCUT2D eigenvalue weighted by molar-refractivity contribution is -0.143.